The van der Waals surface area contributed by atoms with Crippen molar-refractivity contribution in [2.45, 2.75) is 51.4 Å². The van der Waals surface area contributed by atoms with Crippen molar-refractivity contribution in [2.75, 3.05) is 26.0 Å². The Morgan fingerprint density at radius 3 is 2.59 bits per heavy atom. The first-order valence-corrected chi connectivity index (χ1v) is 13.7. The number of nitrogens with zero attached hydrogens (tertiary/aromatic N) is 4. The molecule has 0 unspecified atom stereocenters. The molecule has 3 N–H and O–H groups in total. The molecule has 1 saturated carbocycles. The molecule has 0 aromatic carbocycles. The van der Waals surface area contributed by atoms with E-state index in [2.05, 4.69) is 46.7 Å². The van der Waals surface area contributed by atoms with Crippen molar-refractivity contribution in [2.24, 2.45) is 5.92 Å². The van der Waals surface area contributed by atoms with Crippen LogP contribution in [0, 0.1) is 5.92 Å². The number of fused-ring (bicyclic) bond motifs is 1. The van der Waals surface area contributed by atoms with Gasteiger partial charge in [0.25, 0.3) is 5.91 Å². The maximum atomic E-state index is 13.1. The van der Waals surface area contributed by atoms with Gasteiger partial charge in [0, 0.05) is 54.2 Å². The number of carbonyl (C=O) groups excluding carboxylic acids is 4. The Labute approximate surface area is 227 Å². The summed E-state index contributed by atoms with van der Waals surface area (Å²) in [6.07, 6.45) is 2.84. The van der Waals surface area contributed by atoms with Gasteiger partial charge in [0.15, 0.2) is 5.01 Å². The van der Waals surface area contributed by atoms with Crippen LogP contribution < -0.4 is 16.0 Å². The third kappa shape index (κ3) is 6.51. The van der Waals surface area contributed by atoms with Gasteiger partial charge in [0.1, 0.15) is 5.82 Å². The summed E-state index contributed by atoms with van der Waals surface area (Å²) in [4.78, 5) is 64.6. The van der Waals surface area contributed by atoms with E-state index in [0.717, 1.165) is 21.6 Å². The maximum absolute atomic E-state index is 13.1. The predicted molar refractivity (Wildman–Crippen MR) is 142 cm³/mol. The van der Waals surface area contributed by atoms with Crippen LogP contribution in [0.4, 0.5) is 5.82 Å². The third-order valence-corrected chi connectivity index (χ3v) is 8.21. The van der Waals surface area contributed by atoms with Gasteiger partial charge >= 0.3 is 11.8 Å². The number of aromatic nitrogens is 2. The third-order valence-electron chi connectivity index (χ3n) is 6.66. The van der Waals surface area contributed by atoms with Gasteiger partial charge in [-0.2, -0.15) is 0 Å². The van der Waals surface area contributed by atoms with Crippen LogP contribution in [0.2, 0.25) is 0 Å². The minimum Gasteiger partial charge on any atom is -0.346 e. The van der Waals surface area contributed by atoms with E-state index in [9.17, 15) is 19.2 Å². The maximum Gasteiger partial charge on any atom is 0.314 e. The van der Waals surface area contributed by atoms with E-state index >= 15 is 0 Å². The van der Waals surface area contributed by atoms with E-state index in [1.807, 2.05) is 14.0 Å². The molecule has 0 spiro atoms. The number of thiazole rings is 1. The van der Waals surface area contributed by atoms with Crippen molar-refractivity contribution in [3.8, 4) is 0 Å². The fourth-order valence-electron chi connectivity index (χ4n) is 4.57. The number of carbonyl (C=O) groups is 4. The highest BCUT2D eigenvalue weighted by Gasteiger charge is 2.38. The van der Waals surface area contributed by atoms with E-state index in [0.29, 0.717) is 37.4 Å². The van der Waals surface area contributed by atoms with Gasteiger partial charge < -0.3 is 20.9 Å². The molecule has 37 heavy (non-hydrogen) atoms. The molecule has 3 heterocycles. The van der Waals surface area contributed by atoms with E-state index in [1.165, 1.54) is 17.5 Å². The number of rotatable bonds is 6. The van der Waals surface area contributed by atoms with Crippen LogP contribution in [0.3, 0.4) is 0 Å². The van der Waals surface area contributed by atoms with E-state index in [-0.39, 0.29) is 23.6 Å². The van der Waals surface area contributed by atoms with E-state index in [4.69, 9.17) is 0 Å². The monoisotopic (exact) mass is 591 g/mol. The molecule has 1 fully saturated rings. The number of halogens is 1. The Hall–Kier alpha value is -2.90. The first kappa shape index (κ1) is 27.1. The normalized spacial score (nSPS) is 21.1. The van der Waals surface area contributed by atoms with E-state index < -0.39 is 23.9 Å². The molecule has 3 atom stereocenters. The molecule has 1 aliphatic carbocycles. The largest absolute Gasteiger partial charge is 0.346 e. The summed E-state index contributed by atoms with van der Waals surface area (Å²) in [6.45, 7) is 3.94. The zero-order valence-electron chi connectivity index (χ0n) is 20.9. The van der Waals surface area contributed by atoms with Crippen molar-refractivity contribution in [3.63, 3.8) is 0 Å². The van der Waals surface area contributed by atoms with Gasteiger partial charge in [-0.3, -0.25) is 24.1 Å². The van der Waals surface area contributed by atoms with Crippen molar-refractivity contribution in [1.82, 2.24) is 30.4 Å². The average molecular weight is 593 g/mol. The topological polar surface area (TPSA) is 137 Å². The van der Waals surface area contributed by atoms with Crippen LogP contribution in [0.5, 0.6) is 0 Å². The van der Waals surface area contributed by atoms with Crippen LogP contribution in [-0.4, -0.2) is 76.1 Å². The average Bonchev–Trinajstić information content (AvgIpc) is 3.43. The molecule has 1 aliphatic heterocycles. The van der Waals surface area contributed by atoms with Gasteiger partial charge in [0.2, 0.25) is 5.91 Å². The van der Waals surface area contributed by atoms with E-state index in [1.54, 1.807) is 24.1 Å². The van der Waals surface area contributed by atoms with Gasteiger partial charge in [-0.05, 0) is 61.3 Å². The fourth-order valence-corrected chi connectivity index (χ4v) is 5.85. The van der Waals surface area contributed by atoms with Crippen molar-refractivity contribution < 1.29 is 19.2 Å². The predicted octanol–water partition coefficient (Wildman–Crippen LogP) is 1.75. The lowest BCUT2D eigenvalue weighted by Gasteiger charge is -2.37. The summed E-state index contributed by atoms with van der Waals surface area (Å²) in [5.74, 6) is -2.08. The zero-order valence-corrected chi connectivity index (χ0v) is 23.3. The van der Waals surface area contributed by atoms with Gasteiger partial charge in [0.05, 0.1) is 11.7 Å². The molecule has 13 heteroatoms. The molecule has 2 aromatic rings. The number of anilines is 1. The van der Waals surface area contributed by atoms with Crippen molar-refractivity contribution in [3.05, 3.63) is 38.4 Å². The second-order valence-corrected chi connectivity index (χ2v) is 11.4. The SMILES string of the molecule is CCN(C)C(=O)[C@H]1CC[C@H](NC(=O)C(=O)Nc2ccc(Br)cn2)[C@H](NC(=O)c2nc3c(s2)CN(C)C3)C1. The number of hydrogen-bond acceptors (Lipinski definition) is 8. The highest BCUT2D eigenvalue weighted by Crippen LogP contribution is 2.29. The molecule has 4 rings (SSSR count). The van der Waals surface area contributed by atoms with Gasteiger partial charge in [-0.1, -0.05) is 0 Å². The van der Waals surface area contributed by atoms with Crippen LogP contribution in [0.15, 0.2) is 22.8 Å². The Morgan fingerprint density at radius 2 is 1.92 bits per heavy atom. The molecular formula is C24H30BrN7O4S. The first-order valence-electron chi connectivity index (χ1n) is 12.1. The number of amides is 4. The fraction of sp³-hybridized carbons (Fsp3) is 0.500. The molecule has 4 amide bonds. The molecule has 11 nitrogen and oxygen atoms in total. The number of hydrogen-bond donors (Lipinski definition) is 3. The molecule has 198 valence electrons. The lowest BCUT2D eigenvalue weighted by molar-refractivity contribution is -0.137. The number of nitrogens with one attached hydrogen (secondary N) is 3. The molecule has 2 aliphatic rings. The summed E-state index contributed by atoms with van der Waals surface area (Å²) < 4.78 is 0.742. The highest BCUT2D eigenvalue weighted by atomic mass is 79.9. The Morgan fingerprint density at radius 1 is 1.14 bits per heavy atom. The first-order chi connectivity index (χ1) is 17.6. The van der Waals surface area contributed by atoms with Gasteiger partial charge in [-0.25, -0.2) is 9.97 Å². The number of pyridine rings is 1. The second kappa shape index (κ2) is 11.7. The summed E-state index contributed by atoms with van der Waals surface area (Å²) in [6, 6.07) is 2.21. The van der Waals surface area contributed by atoms with Gasteiger partial charge in [-0.15, -0.1) is 11.3 Å². The van der Waals surface area contributed by atoms with Crippen LogP contribution in [0.25, 0.3) is 0 Å². The molecular weight excluding hydrogens is 562 g/mol. The standard InChI is InChI=1S/C24H30BrN7O4S/c1-4-32(3)24(36)13-5-7-15(27-20(33)21(34)30-19-8-6-14(25)10-26-19)16(9-13)28-22(35)23-29-17-11-31(2)12-18(17)37-23/h6,8,10,13,15-16H,4-5,7,9,11-12H2,1-3H3,(H,27,33)(H,28,35)(H,26,30,34)/t13-,15-,16+/m0/s1. The smallest absolute Gasteiger partial charge is 0.314 e. The minimum absolute atomic E-state index is 0.00171. The van der Waals surface area contributed by atoms with Crippen molar-refractivity contribution >= 4 is 56.7 Å². The minimum atomic E-state index is -0.857. The molecule has 0 saturated heterocycles. The Balaban J connectivity index is 1.45. The molecule has 2 aromatic heterocycles. The van der Waals surface area contributed by atoms with Crippen molar-refractivity contribution in [1.29, 1.82) is 0 Å². The quantitative estimate of drug-likeness (QED) is 0.435. The molecule has 0 bridgehead atoms. The summed E-state index contributed by atoms with van der Waals surface area (Å²) in [5.41, 5.74) is 0.905. The van der Waals surface area contributed by atoms with Crippen LogP contribution >= 0.6 is 27.3 Å². The second-order valence-electron chi connectivity index (χ2n) is 9.40. The summed E-state index contributed by atoms with van der Waals surface area (Å²) in [7, 11) is 3.75. The summed E-state index contributed by atoms with van der Waals surface area (Å²) >= 11 is 4.63. The highest BCUT2D eigenvalue weighted by molar-refractivity contribution is 9.10. The summed E-state index contributed by atoms with van der Waals surface area (Å²) in [5, 5.41) is 8.58. The van der Waals surface area contributed by atoms with Crippen LogP contribution in [0.1, 0.15) is 46.6 Å². The zero-order chi connectivity index (χ0) is 26.7. The Bertz CT molecular complexity index is 1160. The van der Waals surface area contributed by atoms with Crippen LogP contribution in [-0.2, 0) is 27.5 Å². The molecule has 0 radical (unpaired) electrons. The lowest BCUT2D eigenvalue weighted by atomic mass is 9.81. The Kier molecular flexibility index (Phi) is 8.55. The lowest BCUT2D eigenvalue weighted by Crippen LogP contribution is -2.57.